The number of imidazole rings is 1. The molecule has 2 aromatic rings. The predicted molar refractivity (Wildman–Crippen MR) is 109 cm³/mol. The molecule has 1 aliphatic heterocycles. The van der Waals surface area contributed by atoms with Gasteiger partial charge >= 0.3 is 0 Å². The molecule has 0 unspecified atom stereocenters. The summed E-state index contributed by atoms with van der Waals surface area (Å²) in [6, 6.07) is 3.99. The van der Waals surface area contributed by atoms with Gasteiger partial charge in [-0.3, -0.25) is 0 Å². The lowest BCUT2D eigenvalue weighted by molar-refractivity contribution is 0.401. The SMILES string of the molecule is CC(C)c1nc(S(=O)(=O)NCC2CN(c3ccc(C(C)(C)C)nn3)C2)cn1C. The van der Waals surface area contributed by atoms with Crippen LogP contribution in [0.15, 0.2) is 23.4 Å². The molecule has 0 spiro atoms. The molecule has 1 saturated heterocycles. The summed E-state index contributed by atoms with van der Waals surface area (Å²) in [5.41, 5.74) is 0.930. The number of sulfonamides is 1. The highest BCUT2D eigenvalue weighted by molar-refractivity contribution is 7.89. The molecule has 0 saturated carbocycles. The van der Waals surface area contributed by atoms with E-state index in [2.05, 4.69) is 45.6 Å². The fraction of sp³-hybridized carbons (Fsp3) is 0.632. The van der Waals surface area contributed by atoms with Crippen molar-refractivity contribution in [3.63, 3.8) is 0 Å². The van der Waals surface area contributed by atoms with Gasteiger partial charge in [0.05, 0.1) is 5.69 Å². The van der Waals surface area contributed by atoms with Gasteiger partial charge in [0.15, 0.2) is 10.8 Å². The van der Waals surface area contributed by atoms with E-state index in [-0.39, 0.29) is 22.3 Å². The summed E-state index contributed by atoms with van der Waals surface area (Å²) in [7, 11) is -1.78. The van der Waals surface area contributed by atoms with E-state index in [9.17, 15) is 8.42 Å². The van der Waals surface area contributed by atoms with E-state index in [4.69, 9.17) is 0 Å². The fourth-order valence-electron chi connectivity index (χ4n) is 3.20. The average Bonchev–Trinajstić information content (AvgIpc) is 2.96. The van der Waals surface area contributed by atoms with Crippen LogP contribution in [0.1, 0.15) is 52.1 Å². The molecule has 0 amide bonds. The standard InChI is InChI=1S/C19H30N6O2S/c1-13(2)18-21-17(12-24(18)6)28(26,27)20-9-14-10-25(11-14)16-8-7-15(22-23-16)19(3,4)5/h7-8,12-14,20H,9-11H2,1-6H3. The molecule has 28 heavy (non-hydrogen) atoms. The maximum Gasteiger partial charge on any atom is 0.259 e. The minimum Gasteiger partial charge on any atom is -0.354 e. The molecule has 8 nitrogen and oxygen atoms in total. The summed E-state index contributed by atoms with van der Waals surface area (Å²) < 4.78 is 29.5. The first-order valence-corrected chi connectivity index (χ1v) is 11.1. The summed E-state index contributed by atoms with van der Waals surface area (Å²) in [4.78, 5) is 6.38. The molecule has 3 heterocycles. The summed E-state index contributed by atoms with van der Waals surface area (Å²) in [6.45, 7) is 12.2. The topological polar surface area (TPSA) is 93.0 Å². The monoisotopic (exact) mass is 406 g/mol. The highest BCUT2D eigenvalue weighted by Gasteiger charge is 2.30. The lowest BCUT2D eigenvalue weighted by Gasteiger charge is -2.40. The molecular formula is C19H30N6O2S. The van der Waals surface area contributed by atoms with Gasteiger partial charge in [-0.2, -0.15) is 5.10 Å². The zero-order valence-corrected chi connectivity index (χ0v) is 18.3. The van der Waals surface area contributed by atoms with Crippen molar-refractivity contribution in [1.82, 2.24) is 24.5 Å². The smallest absolute Gasteiger partial charge is 0.259 e. The Morgan fingerprint density at radius 1 is 1.21 bits per heavy atom. The third kappa shape index (κ3) is 4.35. The predicted octanol–water partition coefficient (Wildman–Crippen LogP) is 2.05. The Morgan fingerprint density at radius 2 is 1.89 bits per heavy atom. The van der Waals surface area contributed by atoms with E-state index in [0.717, 1.165) is 30.4 Å². The Hall–Kier alpha value is -2.00. The third-order valence-corrected chi connectivity index (χ3v) is 6.24. The van der Waals surface area contributed by atoms with E-state index in [1.807, 2.05) is 33.0 Å². The second-order valence-corrected chi connectivity index (χ2v) is 10.6. The molecule has 1 fully saturated rings. The molecule has 2 aromatic heterocycles. The van der Waals surface area contributed by atoms with Gasteiger partial charge in [-0.15, -0.1) is 5.10 Å². The number of nitrogens with one attached hydrogen (secondary N) is 1. The van der Waals surface area contributed by atoms with E-state index in [0.29, 0.717) is 6.54 Å². The normalized spacial score (nSPS) is 15.9. The van der Waals surface area contributed by atoms with Crippen LogP contribution < -0.4 is 9.62 Å². The van der Waals surface area contributed by atoms with E-state index in [1.165, 1.54) is 0 Å². The lowest BCUT2D eigenvalue weighted by Crippen LogP contribution is -2.52. The van der Waals surface area contributed by atoms with Crippen molar-refractivity contribution in [3.05, 3.63) is 29.8 Å². The summed E-state index contributed by atoms with van der Waals surface area (Å²) in [6.07, 6.45) is 1.57. The van der Waals surface area contributed by atoms with Crippen molar-refractivity contribution >= 4 is 15.8 Å². The number of aromatic nitrogens is 4. The van der Waals surface area contributed by atoms with Crippen LogP contribution in [0.5, 0.6) is 0 Å². The minimum atomic E-state index is -3.60. The van der Waals surface area contributed by atoms with Crippen molar-refractivity contribution in [2.75, 3.05) is 24.5 Å². The number of anilines is 1. The van der Waals surface area contributed by atoms with Crippen LogP contribution in [0.3, 0.4) is 0 Å². The average molecular weight is 407 g/mol. The fourth-order valence-corrected chi connectivity index (χ4v) is 4.31. The van der Waals surface area contributed by atoms with Gasteiger partial charge < -0.3 is 9.47 Å². The van der Waals surface area contributed by atoms with Crippen LogP contribution >= 0.6 is 0 Å². The van der Waals surface area contributed by atoms with Gasteiger partial charge in [0.2, 0.25) is 0 Å². The minimum absolute atomic E-state index is 0.0256. The van der Waals surface area contributed by atoms with Crippen molar-refractivity contribution in [1.29, 1.82) is 0 Å². The molecule has 0 atom stereocenters. The van der Waals surface area contributed by atoms with Gasteiger partial charge in [0.25, 0.3) is 10.0 Å². The number of hydrogen-bond donors (Lipinski definition) is 1. The van der Waals surface area contributed by atoms with Crippen molar-refractivity contribution in [2.45, 2.75) is 51.0 Å². The van der Waals surface area contributed by atoms with Gasteiger partial charge in [-0.05, 0) is 12.1 Å². The molecule has 1 N–H and O–H groups in total. The first kappa shape index (κ1) is 20.7. The number of aryl methyl sites for hydroxylation is 1. The Labute approximate surface area is 167 Å². The molecule has 0 radical (unpaired) electrons. The van der Waals surface area contributed by atoms with Crippen LogP contribution in [0.2, 0.25) is 0 Å². The van der Waals surface area contributed by atoms with Crippen LogP contribution in [-0.2, 0) is 22.5 Å². The van der Waals surface area contributed by atoms with Gasteiger partial charge in [-0.25, -0.2) is 18.1 Å². The second-order valence-electron chi connectivity index (χ2n) is 8.85. The molecule has 1 aliphatic rings. The number of hydrogen-bond acceptors (Lipinski definition) is 6. The van der Waals surface area contributed by atoms with Crippen molar-refractivity contribution in [3.8, 4) is 0 Å². The quantitative estimate of drug-likeness (QED) is 0.789. The van der Waals surface area contributed by atoms with Gasteiger partial charge in [-0.1, -0.05) is 34.6 Å². The van der Waals surface area contributed by atoms with Gasteiger partial charge in [0.1, 0.15) is 5.82 Å². The Morgan fingerprint density at radius 3 is 2.39 bits per heavy atom. The first-order chi connectivity index (χ1) is 13.0. The van der Waals surface area contributed by atoms with Crippen LogP contribution in [0.25, 0.3) is 0 Å². The lowest BCUT2D eigenvalue weighted by atomic mass is 9.92. The zero-order chi connectivity index (χ0) is 20.7. The molecule has 0 aromatic carbocycles. The highest BCUT2D eigenvalue weighted by Crippen LogP contribution is 2.25. The van der Waals surface area contributed by atoms with E-state index < -0.39 is 10.0 Å². The second kappa shape index (κ2) is 7.44. The van der Waals surface area contributed by atoms with Crippen molar-refractivity contribution < 1.29 is 8.42 Å². The van der Waals surface area contributed by atoms with Crippen molar-refractivity contribution in [2.24, 2.45) is 13.0 Å². The highest BCUT2D eigenvalue weighted by atomic mass is 32.2. The maximum atomic E-state index is 12.5. The summed E-state index contributed by atoms with van der Waals surface area (Å²) in [5.74, 6) is 2.00. The maximum absolute atomic E-state index is 12.5. The Kier molecular flexibility index (Phi) is 5.51. The van der Waals surface area contributed by atoms with Crippen LogP contribution in [-0.4, -0.2) is 47.8 Å². The van der Waals surface area contributed by atoms with Crippen LogP contribution in [0.4, 0.5) is 5.82 Å². The first-order valence-electron chi connectivity index (χ1n) is 9.59. The summed E-state index contributed by atoms with van der Waals surface area (Å²) >= 11 is 0. The number of rotatable bonds is 6. The molecule has 9 heteroatoms. The van der Waals surface area contributed by atoms with Crippen LogP contribution in [0, 0.1) is 5.92 Å². The molecule has 0 bridgehead atoms. The Bertz CT molecular complexity index is 922. The zero-order valence-electron chi connectivity index (χ0n) is 17.5. The molecule has 0 aliphatic carbocycles. The Balaban J connectivity index is 1.54. The van der Waals surface area contributed by atoms with E-state index >= 15 is 0 Å². The molecule has 3 rings (SSSR count). The third-order valence-electron chi connectivity index (χ3n) is 4.94. The molecular weight excluding hydrogens is 376 g/mol. The summed E-state index contributed by atoms with van der Waals surface area (Å²) in [5, 5.41) is 8.71. The van der Waals surface area contributed by atoms with Gasteiger partial charge in [0, 0.05) is 50.1 Å². The largest absolute Gasteiger partial charge is 0.354 e. The molecule has 154 valence electrons. The number of nitrogens with zero attached hydrogens (tertiary/aromatic N) is 5. The van der Waals surface area contributed by atoms with E-state index in [1.54, 1.807) is 10.8 Å².